The summed E-state index contributed by atoms with van der Waals surface area (Å²) in [6.45, 7) is 0.439. The third-order valence-electron chi connectivity index (χ3n) is 7.23. The van der Waals surface area contributed by atoms with Crippen molar-refractivity contribution in [1.29, 1.82) is 0 Å². The van der Waals surface area contributed by atoms with Crippen LogP contribution in [0.25, 0.3) is 17.2 Å². The maximum atomic E-state index is 13.8. The molecule has 0 radical (unpaired) electrons. The average Bonchev–Trinajstić information content (AvgIpc) is 2.95. The number of carboxylic acid groups (broad SMARTS) is 1. The molecule has 0 atom stereocenters. The van der Waals surface area contributed by atoms with Gasteiger partial charge in [-0.1, -0.05) is 48.5 Å². The fourth-order valence-electron chi connectivity index (χ4n) is 4.96. The van der Waals surface area contributed by atoms with Crippen molar-refractivity contribution in [3.8, 4) is 11.1 Å². The number of hydrogen-bond donors (Lipinski definition) is 1. The summed E-state index contributed by atoms with van der Waals surface area (Å²) in [6, 6.07) is 24.3. The molecule has 3 aromatic carbocycles. The van der Waals surface area contributed by atoms with Crippen LogP contribution in [0.3, 0.4) is 0 Å². The number of amides is 1. The van der Waals surface area contributed by atoms with E-state index in [0.717, 1.165) is 65.4 Å². The van der Waals surface area contributed by atoms with E-state index >= 15 is 0 Å². The number of rotatable bonds is 9. The van der Waals surface area contributed by atoms with Gasteiger partial charge in [-0.15, -0.1) is 0 Å². The third kappa shape index (κ3) is 6.90. The second kappa shape index (κ2) is 12.6. The number of aliphatic carboxylic acids is 1. The van der Waals surface area contributed by atoms with E-state index in [-0.39, 0.29) is 17.9 Å². The topological polar surface area (TPSA) is 70.1 Å². The minimum atomic E-state index is -1.00. The quantitative estimate of drug-likeness (QED) is 0.343. The van der Waals surface area contributed by atoms with Crippen LogP contribution in [0.1, 0.15) is 36.8 Å². The van der Waals surface area contributed by atoms with Crippen LogP contribution in [-0.4, -0.2) is 44.3 Å². The standard InChI is InChI=1S/C32H36N2O4/c1-33(2)28-16-12-26(13-17-28)25-10-7-24(8-11-25)22-34(32(37)27-14-18-30(38-3)19-15-27)29-6-4-5-23(21-29)9-20-31(35)36/h4-13,16-17,20-21,27,30H,14-15,18-19,22H2,1-3H3,(H,35,36)/t27-,30+. The van der Waals surface area contributed by atoms with E-state index in [1.807, 2.05) is 43.3 Å². The highest BCUT2D eigenvalue weighted by Crippen LogP contribution is 2.31. The molecule has 0 spiro atoms. The van der Waals surface area contributed by atoms with Crippen LogP contribution >= 0.6 is 0 Å². The van der Waals surface area contributed by atoms with Crippen LogP contribution in [0, 0.1) is 5.92 Å². The lowest BCUT2D eigenvalue weighted by Gasteiger charge is -2.32. The molecule has 6 heteroatoms. The third-order valence-corrected chi connectivity index (χ3v) is 7.23. The number of ether oxygens (including phenoxy) is 1. The van der Waals surface area contributed by atoms with E-state index in [2.05, 4.69) is 53.4 Å². The van der Waals surface area contributed by atoms with Crippen molar-refractivity contribution in [1.82, 2.24) is 0 Å². The summed E-state index contributed by atoms with van der Waals surface area (Å²) in [6.07, 6.45) is 6.24. The molecule has 198 valence electrons. The van der Waals surface area contributed by atoms with E-state index in [1.54, 1.807) is 13.2 Å². The van der Waals surface area contributed by atoms with Crippen molar-refractivity contribution >= 4 is 29.3 Å². The molecule has 3 aromatic rings. The fraction of sp³-hybridized carbons (Fsp3) is 0.312. The molecule has 0 heterocycles. The van der Waals surface area contributed by atoms with Gasteiger partial charge in [0.05, 0.1) is 12.6 Å². The van der Waals surface area contributed by atoms with Gasteiger partial charge in [0.1, 0.15) is 0 Å². The number of carbonyl (C=O) groups excluding carboxylic acids is 1. The fourth-order valence-corrected chi connectivity index (χ4v) is 4.96. The van der Waals surface area contributed by atoms with Crippen molar-refractivity contribution in [2.45, 2.75) is 38.3 Å². The lowest BCUT2D eigenvalue weighted by Crippen LogP contribution is -2.38. The first-order valence-corrected chi connectivity index (χ1v) is 13.1. The largest absolute Gasteiger partial charge is 0.478 e. The molecule has 6 nitrogen and oxygen atoms in total. The molecular weight excluding hydrogens is 476 g/mol. The van der Waals surface area contributed by atoms with Gasteiger partial charge in [0, 0.05) is 44.6 Å². The van der Waals surface area contributed by atoms with E-state index in [9.17, 15) is 9.59 Å². The summed E-state index contributed by atoms with van der Waals surface area (Å²) >= 11 is 0. The number of hydrogen-bond acceptors (Lipinski definition) is 4. The number of carboxylic acids is 1. The van der Waals surface area contributed by atoms with Gasteiger partial charge < -0.3 is 19.6 Å². The maximum absolute atomic E-state index is 13.8. The molecule has 1 saturated carbocycles. The van der Waals surface area contributed by atoms with Gasteiger partial charge in [0.25, 0.3) is 0 Å². The molecular formula is C32H36N2O4. The zero-order chi connectivity index (χ0) is 27.1. The summed E-state index contributed by atoms with van der Waals surface area (Å²) in [5.74, 6) is -0.967. The number of nitrogens with zero attached hydrogens (tertiary/aromatic N) is 2. The number of carbonyl (C=O) groups is 2. The highest BCUT2D eigenvalue weighted by molar-refractivity contribution is 5.95. The van der Waals surface area contributed by atoms with E-state index < -0.39 is 5.97 Å². The SMILES string of the molecule is CO[C@H]1CC[C@@H](C(=O)N(Cc2ccc(-c3ccc(N(C)C)cc3)cc2)c2cccc(C=CC(=O)O)c2)CC1. The zero-order valence-corrected chi connectivity index (χ0v) is 22.3. The summed E-state index contributed by atoms with van der Waals surface area (Å²) in [5.41, 5.74) is 5.95. The molecule has 1 fully saturated rings. The van der Waals surface area contributed by atoms with Crippen LogP contribution in [0.4, 0.5) is 11.4 Å². The van der Waals surface area contributed by atoms with Crippen LogP contribution < -0.4 is 9.80 Å². The number of benzene rings is 3. The highest BCUT2D eigenvalue weighted by Gasteiger charge is 2.30. The van der Waals surface area contributed by atoms with Gasteiger partial charge in [-0.2, -0.15) is 0 Å². The van der Waals surface area contributed by atoms with E-state index in [1.165, 1.54) is 0 Å². The van der Waals surface area contributed by atoms with Gasteiger partial charge in [-0.05, 0) is 78.3 Å². The Hall–Kier alpha value is -3.90. The molecule has 0 aliphatic heterocycles. The minimum Gasteiger partial charge on any atom is -0.478 e. The van der Waals surface area contributed by atoms with Crippen molar-refractivity contribution < 1.29 is 19.4 Å². The first-order valence-electron chi connectivity index (χ1n) is 13.1. The molecule has 1 N–H and O–H groups in total. The Morgan fingerprint density at radius 3 is 2.11 bits per heavy atom. The Labute approximate surface area is 225 Å². The molecule has 0 saturated heterocycles. The Morgan fingerprint density at radius 2 is 1.53 bits per heavy atom. The van der Waals surface area contributed by atoms with Crippen LogP contribution in [0.15, 0.2) is 78.9 Å². The molecule has 1 amide bonds. The van der Waals surface area contributed by atoms with Crippen molar-refractivity contribution in [3.63, 3.8) is 0 Å². The second-order valence-corrected chi connectivity index (χ2v) is 10.0. The van der Waals surface area contributed by atoms with Gasteiger partial charge >= 0.3 is 5.97 Å². The normalized spacial score (nSPS) is 17.3. The molecule has 0 aromatic heterocycles. The Kier molecular flexibility index (Phi) is 8.98. The molecule has 1 aliphatic carbocycles. The predicted molar refractivity (Wildman–Crippen MR) is 153 cm³/mol. The lowest BCUT2D eigenvalue weighted by atomic mass is 9.86. The second-order valence-electron chi connectivity index (χ2n) is 10.0. The van der Waals surface area contributed by atoms with E-state index in [0.29, 0.717) is 6.54 Å². The summed E-state index contributed by atoms with van der Waals surface area (Å²) in [5, 5.41) is 9.03. The zero-order valence-electron chi connectivity index (χ0n) is 22.3. The first kappa shape index (κ1) is 27.1. The van der Waals surface area contributed by atoms with Gasteiger partial charge in [-0.25, -0.2) is 4.79 Å². The summed E-state index contributed by atoms with van der Waals surface area (Å²) in [7, 11) is 5.78. The van der Waals surface area contributed by atoms with Crippen LogP contribution in [0.2, 0.25) is 0 Å². The maximum Gasteiger partial charge on any atom is 0.328 e. The van der Waals surface area contributed by atoms with Gasteiger partial charge in [0.15, 0.2) is 0 Å². The first-order chi connectivity index (χ1) is 18.3. The minimum absolute atomic E-state index is 0.0610. The van der Waals surface area contributed by atoms with Gasteiger partial charge in [0.2, 0.25) is 5.91 Å². The van der Waals surface area contributed by atoms with Crippen molar-refractivity contribution in [3.05, 3.63) is 90.0 Å². The molecule has 0 unspecified atom stereocenters. The van der Waals surface area contributed by atoms with Crippen molar-refractivity contribution in [2.24, 2.45) is 5.92 Å². The van der Waals surface area contributed by atoms with Crippen LogP contribution in [0.5, 0.6) is 0 Å². The smallest absolute Gasteiger partial charge is 0.328 e. The molecule has 1 aliphatic rings. The Morgan fingerprint density at radius 1 is 0.895 bits per heavy atom. The van der Waals surface area contributed by atoms with Gasteiger partial charge in [-0.3, -0.25) is 4.79 Å². The highest BCUT2D eigenvalue weighted by atomic mass is 16.5. The Bertz CT molecular complexity index is 1260. The summed E-state index contributed by atoms with van der Waals surface area (Å²) < 4.78 is 5.50. The average molecular weight is 513 g/mol. The lowest BCUT2D eigenvalue weighted by molar-refractivity contribution is -0.131. The predicted octanol–water partition coefficient (Wildman–Crippen LogP) is 6.26. The number of anilines is 2. The number of methoxy groups -OCH3 is 1. The molecule has 4 rings (SSSR count). The molecule has 38 heavy (non-hydrogen) atoms. The van der Waals surface area contributed by atoms with Crippen LogP contribution in [-0.2, 0) is 20.9 Å². The Balaban J connectivity index is 1.58. The molecule has 0 bridgehead atoms. The van der Waals surface area contributed by atoms with E-state index in [4.69, 9.17) is 9.84 Å². The monoisotopic (exact) mass is 512 g/mol. The summed E-state index contributed by atoms with van der Waals surface area (Å²) in [4.78, 5) is 28.8. The van der Waals surface area contributed by atoms with Crippen molar-refractivity contribution in [2.75, 3.05) is 31.0 Å².